The molecule has 0 aromatic carbocycles. The summed E-state index contributed by atoms with van der Waals surface area (Å²) in [5.74, 6) is 0.451. The number of hydrogen-bond donors (Lipinski definition) is 2. The average molecular weight is 269 g/mol. The zero-order valence-electron chi connectivity index (χ0n) is 9.61. The van der Waals surface area contributed by atoms with Gasteiger partial charge >= 0.3 is 0 Å². The molecule has 0 spiro atoms. The van der Waals surface area contributed by atoms with Gasteiger partial charge in [0, 0.05) is 6.04 Å². The number of sulfonamides is 1. The first-order chi connectivity index (χ1) is 7.09. The van der Waals surface area contributed by atoms with Crippen LogP contribution in [0.3, 0.4) is 0 Å². The summed E-state index contributed by atoms with van der Waals surface area (Å²) >= 11 is 0. The number of hydrogen-bond acceptors (Lipinski definition) is 3. The summed E-state index contributed by atoms with van der Waals surface area (Å²) in [7, 11) is -3.01. The topological polar surface area (TPSA) is 58.2 Å². The number of halogens is 1. The Morgan fingerprint density at radius 3 is 2.50 bits per heavy atom. The molecule has 0 amide bonds. The second-order valence-electron chi connectivity index (χ2n) is 4.76. The molecule has 1 heterocycles. The van der Waals surface area contributed by atoms with Crippen molar-refractivity contribution in [1.29, 1.82) is 0 Å². The van der Waals surface area contributed by atoms with Gasteiger partial charge < -0.3 is 5.32 Å². The minimum absolute atomic E-state index is 0. The first-order valence-corrected chi connectivity index (χ1v) is 7.36. The van der Waals surface area contributed by atoms with Crippen LogP contribution in [0.1, 0.15) is 32.6 Å². The molecule has 1 saturated carbocycles. The fourth-order valence-electron chi connectivity index (χ4n) is 2.14. The van der Waals surface area contributed by atoms with Crippen molar-refractivity contribution in [1.82, 2.24) is 10.0 Å². The molecule has 0 bridgehead atoms. The predicted molar refractivity (Wildman–Crippen MR) is 67.4 cm³/mol. The van der Waals surface area contributed by atoms with Gasteiger partial charge in [-0.2, -0.15) is 0 Å². The summed E-state index contributed by atoms with van der Waals surface area (Å²) in [6.07, 6.45) is 3.96. The normalized spacial score (nSPS) is 28.2. The Morgan fingerprint density at radius 2 is 2.00 bits per heavy atom. The minimum atomic E-state index is -3.01. The Morgan fingerprint density at radius 1 is 1.31 bits per heavy atom. The van der Waals surface area contributed by atoms with Crippen molar-refractivity contribution in [2.45, 2.75) is 43.9 Å². The van der Waals surface area contributed by atoms with Crippen molar-refractivity contribution in [2.24, 2.45) is 5.92 Å². The van der Waals surface area contributed by atoms with E-state index in [9.17, 15) is 8.42 Å². The Balaban J connectivity index is 0.00000128. The molecular formula is C10H21ClN2O2S. The van der Waals surface area contributed by atoms with Crippen LogP contribution in [0.4, 0.5) is 0 Å². The van der Waals surface area contributed by atoms with Crippen LogP contribution < -0.4 is 10.0 Å². The van der Waals surface area contributed by atoms with Gasteiger partial charge in [-0.05, 0) is 51.6 Å². The van der Waals surface area contributed by atoms with E-state index in [1.165, 1.54) is 0 Å². The zero-order chi connectivity index (χ0) is 10.9. The quantitative estimate of drug-likeness (QED) is 0.796. The average Bonchev–Trinajstić information content (AvgIpc) is 3.01. The van der Waals surface area contributed by atoms with Gasteiger partial charge in [-0.15, -0.1) is 12.4 Å². The van der Waals surface area contributed by atoms with Crippen LogP contribution in [-0.4, -0.2) is 32.8 Å². The molecule has 0 radical (unpaired) electrons. The maximum Gasteiger partial charge on any atom is 0.214 e. The van der Waals surface area contributed by atoms with Gasteiger partial charge in [-0.3, -0.25) is 0 Å². The van der Waals surface area contributed by atoms with Gasteiger partial charge in [0.1, 0.15) is 0 Å². The lowest BCUT2D eigenvalue weighted by Gasteiger charge is -2.28. The van der Waals surface area contributed by atoms with E-state index in [-0.39, 0.29) is 23.7 Å². The van der Waals surface area contributed by atoms with E-state index >= 15 is 0 Å². The molecule has 2 aliphatic rings. The highest BCUT2D eigenvalue weighted by atomic mass is 35.5. The molecule has 4 nitrogen and oxygen atoms in total. The number of rotatable bonds is 4. The molecular weight excluding hydrogens is 248 g/mol. The molecule has 1 aliphatic carbocycles. The van der Waals surface area contributed by atoms with Gasteiger partial charge in [-0.1, -0.05) is 0 Å². The van der Waals surface area contributed by atoms with Crippen molar-refractivity contribution < 1.29 is 8.42 Å². The van der Waals surface area contributed by atoms with Crippen LogP contribution in [-0.2, 0) is 10.0 Å². The van der Waals surface area contributed by atoms with E-state index in [1.807, 2.05) is 6.92 Å². The third-order valence-electron chi connectivity index (χ3n) is 3.36. The van der Waals surface area contributed by atoms with Crippen LogP contribution in [0.2, 0.25) is 0 Å². The second-order valence-corrected chi connectivity index (χ2v) is 6.75. The molecule has 96 valence electrons. The molecule has 2 atom stereocenters. The van der Waals surface area contributed by atoms with Crippen molar-refractivity contribution in [2.75, 3.05) is 13.1 Å². The van der Waals surface area contributed by atoms with Crippen LogP contribution in [0.15, 0.2) is 0 Å². The van der Waals surface area contributed by atoms with Gasteiger partial charge in [-0.25, -0.2) is 13.1 Å². The Bertz CT molecular complexity index is 311. The first-order valence-electron chi connectivity index (χ1n) is 5.81. The summed E-state index contributed by atoms with van der Waals surface area (Å²) in [4.78, 5) is 0. The third-order valence-corrected chi connectivity index (χ3v) is 5.40. The van der Waals surface area contributed by atoms with E-state index < -0.39 is 10.0 Å². The van der Waals surface area contributed by atoms with E-state index in [0.29, 0.717) is 5.92 Å². The van der Waals surface area contributed by atoms with E-state index in [2.05, 4.69) is 10.0 Å². The van der Waals surface area contributed by atoms with Crippen LogP contribution >= 0.6 is 12.4 Å². The minimum Gasteiger partial charge on any atom is -0.316 e. The molecule has 2 unspecified atom stereocenters. The standard InChI is InChI=1S/C10H20N2O2S.ClH/c1-8(9-3-2-6-11-7-9)12-15(13,14)10-4-5-10;/h8-12H,2-7H2,1H3;1H. The molecule has 0 aromatic heterocycles. The van der Waals surface area contributed by atoms with E-state index in [1.54, 1.807) is 0 Å². The van der Waals surface area contributed by atoms with E-state index in [0.717, 1.165) is 38.8 Å². The lowest BCUT2D eigenvalue weighted by molar-refractivity contribution is 0.320. The monoisotopic (exact) mass is 268 g/mol. The fraction of sp³-hybridized carbons (Fsp3) is 1.00. The number of piperidine rings is 1. The highest BCUT2D eigenvalue weighted by molar-refractivity contribution is 7.90. The third kappa shape index (κ3) is 3.58. The molecule has 0 aromatic rings. The highest BCUT2D eigenvalue weighted by Crippen LogP contribution is 2.28. The Hall–Kier alpha value is 0.160. The fourth-order valence-corrected chi connectivity index (χ4v) is 3.80. The van der Waals surface area contributed by atoms with Crippen molar-refractivity contribution in [3.05, 3.63) is 0 Å². The van der Waals surface area contributed by atoms with Crippen molar-refractivity contribution in [3.63, 3.8) is 0 Å². The van der Waals surface area contributed by atoms with Gasteiger partial charge in [0.05, 0.1) is 5.25 Å². The molecule has 1 aliphatic heterocycles. The van der Waals surface area contributed by atoms with Crippen molar-refractivity contribution >= 4 is 22.4 Å². The lowest BCUT2D eigenvalue weighted by atomic mass is 9.94. The van der Waals surface area contributed by atoms with Gasteiger partial charge in [0.2, 0.25) is 10.0 Å². The smallest absolute Gasteiger partial charge is 0.214 e. The predicted octanol–water partition coefficient (Wildman–Crippen LogP) is 0.878. The SMILES string of the molecule is CC(NS(=O)(=O)C1CC1)C1CCCNC1.Cl. The molecule has 2 rings (SSSR count). The lowest BCUT2D eigenvalue weighted by Crippen LogP contribution is -2.45. The van der Waals surface area contributed by atoms with Gasteiger partial charge in [0.25, 0.3) is 0 Å². The van der Waals surface area contributed by atoms with Crippen LogP contribution in [0.25, 0.3) is 0 Å². The summed E-state index contributed by atoms with van der Waals surface area (Å²) < 4.78 is 26.2. The zero-order valence-corrected chi connectivity index (χ0v) is 11.2. The highest BCUT2D eigenvalue weighted by Gasteiger charge is 2.37. The largest absolute Gasteiger partial charge is 0.316 e. The second kappa shape index (κ2) is 5.67. The van der Waals surface area contributed by atoms with Crippen LogP contribution in [0, 0.1) is 5.92 Å². The maximum absolute atomic E-state index is 11.7. The Labute approximate surface area is 104 Å². The van der Waals surface area contributed by atoms with E-state index in [4.69, 9.17) is 0 Å². The maximum atomic E-state index is 11.7. The van der Waals surface area contributed by atoms with Crippen LogP contribution in [0.5, 0.6) is 0 Å². The number of nitrogens with one attached hydrogen (secondary N) is 2. The summed E-state index contributed by atoms with van der Waals surface area (Å²) in [5.41, 5.74) is 0. The van der Waals surface area contributed by atoms with Crippen molar-refractivity contribution in [3.8, 4) is 0 Å². The van der Waals surface area contributed by atoms with Gasteiger partial charge in [0.15, 0.2) is 0 Å². The summed E-state index contributed by atoms with van der Waals surface area (Å²) in [6.45, 7) is 3.99. The molecule has 6 heteroatoms. The molecule has 2 N–H and O–H groups in total. The summed E-state index contributed by atoms with van der Waals surface area (Å²) in [6, 6.07) is 0.0726. The summed E-state index contributed by atoms with van der Waals surface area (Å²) in [5, 5.41) is 3.21. The molecule has 2 fully saturated rings. The first kappa shape index (κ1) is 14.2. The Kier molecular flexibility index (Phi) is 5.04. The molecule has 16 heavy (non-hydrogen) atoms. The molecule has 1 saturated heterocycles.